The molecule has 30 heavy (non-hydrogen) atoms. The minimum Gasteiger partial charge on any atom is -0.327 e. The summed E-state index contributed by atoms with van der Waals surface area (Å²) in [5.74, 6) is -0.947. The van der Waals surface area contributed by atoms with E-state index in [1.54, 1.807) is 11.8 Å². The number of nitrogens with zero attached hydrogens (tertiary/aromatic N) is 4. The first-order valence-corrected chi connectivity index (χ1v) is 10.5. The molecule has 160 valence electrons. The van der Waals surface area contributed by atoms with Crippen molar-refractivity contribution < 1.29 is 13.2 Å². The monoisotopic (exact) mass is 480 g/mol. The van der Waals surface area contributed by atoms with Crippen LogP contribution in [0.1, 0.15) is 46.5 Å². The van der Waals surface area contributed by atoms with Crippen LogP contribution >= 0.6 is 15.9 Å². The van der Waals surface area contributed by atoms with Gasteiger partial charge in [0.05, 0.1) is 5.52 Å². The van der Waals surface area contributed by atoms with Crippen LogP contribution in [0.3, 0.4) is 0 Å². The summed E-state index contributed by atoms with van der Waals surface area (Å²) in [6.45, 7) is 11.3. The van der Waals surface area contributed by atoms with Gasteiger partial charge in [0.2, 0.25) is 0 Å². The molecule has 0 saturated carbocycles. The number of hydrogen-bond acceptors (Lipinski definition) is 2. The molecule has 0 aliphatic heterocycles. The van der Waals surface area contributed by atoms with Gasteiger partial charge in [0, 0.05) is 22.2 Å². The molecule has 8 heteroatoms. The van der Waals surface area contributed by atoms with Crippen molar-refractivity contribution in [3.05, 3.63) is 52.0 Å². The van der Waals surface area contributed by atoms with Crippen LogP contribution in [0.15, 0.2) is 33.7 Å². The van der Waals surface area contributed by atoms with Crippen LogP contribution in [-0.4, -0.2) is 21.4 Å². The number of fused-ring (bicyclic) bond motifs is 1. The zero-order chi connectivity index (χ0) is 22.3. The highest BCUT2D eigenvalue weighted by atomic mass is 79.9. The molecule has 2 aromatic carbocycles. The first-order valence-electron chi connectivity index (χ1n) is 9.68. The number of aliphatic imine (C=N–C) groups is 1. The van der Waals surface area contributed by atoms with Crippen molar-refractivity contribution in [2.45, 2.75) is 53.6 Å². The Morgan fingerprint density at radius 3 is 2.17 bits per heavy atom. The number of imidazole rings is 1. The maximum absolute atomic E-state index is 14.9. The molecular formula is C22H24BrF3N4. The molecule has 0 fully saturated rings. The number of aromatic nitrogens is 2. The molecule has 3 aromatic rings. The van der Waals surface area contributed by atoms with Gasteiger partial charge in [-0.25, -0.2) is 23.1 Å². The average Bonchev–Trinajstić information content (AvgIpc) is 2.94. The quantitative estimate of drug-likeness (QED) is 0.295. The summed E-state index contributed by atoms with van der Waals surface area (Å²) >= 11 is 3.06. The fraction of sp³-hybridized carbons (Fsp3) is 0.364. The fourth-order valence-electron chi connectivity index (χ4n) is 3.76. The number of amidine groups is 1. The Balaban J connectivity index is 2.18. The second kappa shape index (κ2) is 8.41. The molecule has 0 aliphatic rings. The van der Waals surface area contributed by atoms with Crippen LogP contribution in [0, 0.1) is 24.4 Å². The summed E-state index contributed by atoms with van der Waals surface area (Å²) in [6, 6.07) is 5.50. The van der Waals surface area contributed by atoms with E-state index >= 15 is 0 Å². The van der Waals surface area contributed by atoms with Crippen LogP contribution in [0.5, 0.6) is 0 Å². The first kappa shape index (κ1) is 22.3. The van der Waals surface area contributed by atoms with Gasteiger partial charge in [-0.15, -0.1) is 0 Å². The standard InChI is InChI=1S/C22H24BrF3N4/c1-11(2)29(13(5)27-21-17(24)7-15(23)8-18(21)25)16-9-19(26)22-20(10-16)30(12(3)4)14(6)28-22/h7-12H,1-6H3. The topological polar surface area (TPSA) is 33.4 Å². The van der Waals surface area contributed by atoms with Crippen LogP contribution in [0.2, 0.25) is 0 Å². The van der Waals surface area contributed by atoms with Crippen molar-refractivity contribution in [1.82, 2.24) is 9.55 Å². The van der Waals surface area contributed by atoms with Gasteiger partial charge in [-0.1, -0.05) is 15.9 Å². The van der Waals surface area contributed by atoms with Gasteiger partial charge >= 0.3 is 0 Å². The van der Waals surface area contributed by atoms with Gasteiger partial charge in [0.15, 0.2) is 17.5 Å². The van der Waals surface area contributed by atoms with Crippen molar-refractivity contribution in [3.63, 3.8) is 0 Å². The molecule has 1 heterocycles. The summed E-state index contributed by atoms with van der Waals surface area (Å²) in [5, 5.41) is 0. The molecule has 0 amide bonds. The maximum Gasteiger partial charge on any atom is 0.153 e. The van der Waals surface area contributed by atoms with Crippen LogP contribution in [0.4, 0.5) is 24.5 Å². The van der Waals surface area contributed by atoms with Gasteiger partial charge in [0.1, 0.15) is 22.9 Å². The maximum atomic E-state index is 14.9. The number of halogens is 4. The Hall–Kier alpha value is -2.35. The van der Waals surface area contributed by atoms with Gasteiger partial charge < -0.3 is 9.47 Å². The Labute approximate surface area is 182 Å². The Morgan fingerprint density at radius 2 is 1.63 bits per heavy atom. The van der Waals surface area contributed by atoms with Crippen LogP contribution in [-0.2, 0) is 0 Å². The largest absolute Gasteiger partial charge is 0.327 e. The number of hydrogen-bond donors (Lipinski definition) is 0. The molecule has 4 nitrogen and oxygen atoms in total. The van der Waals surface area contributed by atoms with Crippen molar-refractivity contribution in [3.8, 4) is 0 Å². The van der Waals surface area contributed by atoms with E-state index in [4.69, 9.17) is 0 Å². The molecule has 0 saturated heterocycles. The minimum atomic E-state index is -0.778. The zero-order valence-electron chi connectivity index (χ0n) is 17.8. The molecule has 1 aromatic heterocycles. The van der Waals surface area contributed by atoms with E-state index in [0.29, 0.717) is 27.0 Å². The van der Waals surface area contributed by atoms with Crippen LogP contribution in [0.25, 0.3) is 11.0 Å². The van der Waals surface area contributed by atoms with Gasteiger partial charge in [-0.2, -0.15) is 0 Å². The molecule has 0 N–H and O–H groups in total. The second-order valence-corrected chi connectivity index (χ2v) is 8.67. The van der Waals surface area contributed by atoms with Crippen molar-refractivity contribution in [2.24, 2.45) is 4.99 Å². The second-order valence-electron chi connectivity index (χ2n) is 7.76. The summed E-state index contributed by atoms with van der Waals surface area (Å²) in [5.41, 5.74) is 1.12. The molecular weight excluding hydrogens is 457 g/mol. The molecule has 0 unspecified atom stereocenters. The normalized spacial score (nSPS) is 12.5. The molecule has 0 aliphatic carbocycles. The molecule has 0 atom stereocenters. The Morgan fingerprint density at radius 1 is 1.03 bits per heavy atom. The van der Waals surface area contributed by atoms with E-state index < -0.39 is 17.5 Å². The third-order valence-electron chi connectivity index (χ3n) is 4.82. The minimum absolute atomic E-state index is 0.0953. The van der Waals surface area contributed by atoms with Crippen molar-refractivity contribution in [1.29, 1.82) is 0 Å². The SMILES string of the molecule is CC(=Nc1c(F)cc(Br)cc1F)N(c1cc(F)c2nc(C)n(C(C)C)c2c1)C(C)C. The third kappa shape index (κ3) is 4.10. The van der Waals surface area contributed by atoms with E-state index in [9.17, 15) is 13.2 Å². The van der Waals surface area contributed by atoms with Gasteiger partial charge in [0.25, 0.3) is 0 Å². The first-order chi connectivity index (χ1) is 14.0. The lowest BCUT2D eigenvalue weighted by atomic mass is 10.2. The summed E-state index contributed by atoms with van der Waals surface area (Å²) in [7, 11) is 0. The lowest BCUT2D eigenvalue weighted by Gasteiger charge is -2.29. The fourth-order valence-corrected chi connectivity index (χ4v) is 4.16. The van der Waals surface area contributed by atoms with E-state index in [1.165, 1.54) is 6.07 Å². The third-order valence-corrected chi connectivity index (χ3v) is 5.28. The Kier molecular flexibility index (Phi) is 6.26. The number of anilines is 1. The van der Waals surface area contributed by atoms with E-state index in [1.807, 2.05) is 45.3 Å². The lowest BCUT2D eigenvalue weighted by molar-refractivity contribution is 0.585. The van der Waals surface area contributed by atoms with E-state index in [-0.39, 0.29) is 17.8 Å². The Bertz CT molecular complexity index is 1110. The predicted molar refractivity (Wildman–Crippen MR) is 119 cm³/mol. The van der Waals surface area contributed by atoms with Crippen molar-refractivity contribution >= 4 is 44.2 Å². The number of aryl methyl sites for hydroxylation is 1. The predicted octanol–water partition coefficient (Wildman–Crippen LogP) is 7.07. The smallest absolute Gasteiger partial charge is 0.153 e. The zero-order valence-corrected chi connectivity index (χ0v) is 19.4. The molecule has 3 rings (SSSR count). The summed E-state index contributed by atoms with van der Waals surface area (Å²) in [6.07, 6.45) is 0. The number of benzene rings is 2. The highest BCUT2D eigenvalue weighted by Crippen LogP contribution is 2.31. The van der Waals surface area contributed by atoms with Gasteiger partial charge in [-0.05, 0) is 65.8 Å². The average molecular weight is 481 g/mol. The summed E-state index contributed by atoms with van der Waals surface area (Å²) < 4.78 is 45.7. The van der Waals surface area contributed by atoms with E-state index in [2.05, 4.69) is 25.9 Å². The van der Waals surface area contributed by atoms with Gasteiger partial charge in [-0.3, -0.25) is 0 Å². The highest BCUT2D eigenvalue weighted by Gasteiger charge is 2.21. The molecule has 0 spiro atoms. The lowest BCUT2D eigenvalue weighted by Crippen LogP contribution is -2.35. The van der Waals surface area contributed by atoms with Crippen LogP contribution < -0.4 is 4.90 Å². The highest BCUT2D eigenvalue weighted by molar-refractivity contribution is 9.10. The van der Waals surface area contributed by atoms with E-state index in [0.717, 1.165) is 18.0 Å². The molecule has 0 bridgehead atoms. The van der Waals surface area contributed by atoms with Crippen molar-refractivity contribution in [2.75, 3.05) is 4.90 Å². The number of rotatable bonds is 4. The molecule has 0 radical (unpaired) electrons. The summed E-state index contributed by atoms with van der Waals surface area (Å²) in [4.78, 5) is 10.3.